The predicted octanol–water partition coefficient (Wildman–Crippen LogP) is 1.87. The van der Waals surface area contributed by atoms with E-state index in [0.717, 1.165) is 18.3 Å². The zero-order valence-corrected chi connectivity index (χ0v) is 8.90. The van der Waals surface area contributed by atoms with E-state index in [2.05, 4.69) is 30.3 Å². The minimum Gasteiger partial charge on any atom is -0.316 e. The second-order valence-electron chi connectivity index (χ2n) is 4.34. The van der Waals surface area contributed by atoms with Gasteiger partial charge in [-0.2, -0.15) is 0 Å². The van der Waals surface area contributed by atoms with Crippen molar-refractivity contribution in [1.29, 1.82) is 0 Å². The van der Waals surface area contributed by atoms with Crippen molar-refractivity contribution in [2.75, 3.05) is 7.05 Å². The van der Waals surface area contributed by atoms with Crippen molar-refractivity contribution in [3.05, 3.63) is 30.1 Å². The number of aromatic nitrogens is 1. The number of rotatable bonds is 4. The average molecular weight is 190 g/mol. The Balaban J connectivity index is 1.95. The lowest BCUT2D eigenvalue weighted by atomic mass is 10.0. The lowest BCUT2D eigenvalue weighted by Gasteiger charge is -2.15. The summed E-state index contributed by atoms with van der Waals surface area (Å²) in [6.07, 6.45) is 6.29. The highest BCUT2D eigenvalue weighted by Gasteiger charge is 2.38. The van der Waals surface area contributed by atoms with Crippen LogP contribution in [-0.4, -0.2) is 18.1 Å². The fourth-order valence-electron chi connectivity index (χ4n) is 2.15. The van der Waals surface area contributed by atoms with Gasteiger partial charge in [-0.1, -0.05) is 13.0 Å². The molecule has 2 heteroatoms. The number of nitrogens with one attached hydrogen (secondary N) is 1. The molecular formula is C12H18N2. The van der Waals surface area contributed by atoms with Crippen LogP contribution >= 0.6 is 0 Å². The molecule has 1 aromatic heterocycles. The Morgan fingerprint density at radius 1 is 1.64 bits per heavy atom. The monoisotopic (exact) mass is 190 g/mol. The lowest BCUT2D eigenvalue weighted by molar-refractivity contribution is 0.479. The molecule has 3 unspecified atom stereocenters. The summed E-state index contributed by atoms with van der Waals surface area (Å²) in [7, 11) is 2.06. The van der Waals surface area contributed by atoms with Gasteiger partial charge in [-0.25, -0.2) is 0 Å². The first-order chi connectivity index (χ1) is 6.81. The van der Waals surface area contributed by atoms with Gasteiger partial charge in [-0.3, -0.25) is 4.98 Å². The minimum atomic E-state index is 0.634. The molecule has 76 valence electrons. The van der Waals surface area contributed by atoms with Crippen LogP contribution in [0.5, 0.6) is 0 Å². The first kappa shape index (κ1) is 9.66. The molecule has 2 nitrogen and oxygen atoms in total. The van der Waals surface area contributed by atoms with E-state index in [-0.39, 0.29) is 0 Å². The lowest BCUT2D eigenvalue weighted by Crippen LogP contribution is -2.30. The van der Waals surface area contributed by atoms with E-state index in [1.807, 2.05) is 18.5 Å². The van der Waals surface area contributed by atoms with Crippen LogP contribution in [0.2, 0.25) is 0 Å². The average Bonchev–Trinajstić information content (AvgIpc) is 2.93. The Kier molecular flexibility index (Phi) is 2.82. The summed E-state index contributed by atoms with van der Waals surface area (Å²) < 4.78 is 0. The van der Waals surface area contributed by atoms with Gasteiger partial charge in [0.1, 0.15) is 0 Å². The van der Waals surface area contributed by atoms with E-state index >= 15 is 0 Å². The molecule has 2 rings (SSSR count). The van der Waals surface area contributed by atoms with E-state index in [4.69, 9.17) is 0 Å². The third-order valence-electron chi connectivity index (χ3n) is 3.24. The third-order valence-corrected chi connectivity index (χ3v) is 3.24. The van der Waals surface area contributed by atoms with Gasteiger partial charge in [0.25, 0.3) is 0 Å². The molecule has 1 N–H and O–H groups in total. The molecular weight excluding hydrogens is 172 g/mol. The van der Waals surface area contributed by atoms with E-state index in [9.17, 15) is 0 Å². The number of pyridine rings is 1. The van der Waals surface area contributed by atoms with E-state index in [0.29, 0.717) is 6.04 Å². The van der Waals surface area contributed by atoms with Gasteiger partial charge >= 0.3 is 0 Å². The summed E-state index contributed by atoms with van der Waals surface area (Å²) in [4.78, 5) is 4.14. The van der Waals surface area contributed by atoms with E-state index < -0.39 is 0 Å². The first-order valence-corrected chi connectivity index (χ1v) is 5.37. The van der Waals surface area contributed by atoms with Crippen molar-refractivity contribution in [3.8, 4) is 0 Å². The van der Waals surface area contributed by atoms with Gasteiger partial charge in [0.05, 0.1) is 0 Å². The topological polar surface area (TPSA) is 24.9 Å². The van der Waals surface area contributed by atoms with Crippen molar-refractivity contribution < 1.29 is 0 Å². The number of nitrogens with zero attached hydrogens (tertiary/aromatic N) is 1. The van der Waals surface area contributed by atoms with Gasteiger partial charge in [0.15, 0.2) is 0 Å². The van der Waals surface area contributed by atoms with Crippen molar-refractivity contribution in [3.63, 3.8) is 0 Å². The highest BCUT2D eigenvalue weighted by molar-refractivity contribution is 5.11. The zero-order chi connectivity index (χ0) is 9.97. The summed E-state index contributed by atoms with van der Waals surface area (Å²) in [6, 6.07) is 4.80. The summed E-state index contributed by atoms with van der Waals surface area (Å²) >= 11 is 0. The largest absolute Gasteiger partial charge is 0.316 e. The molecule has 0 saturated heterocycles. The van der Waals surface area contributed by atoms with Crippen LogP contribution in [0.15, 0.2) is 24.5 Å². The second-order valence-corrected chi connectivity index (χ2v) is 4.34. The fourth-order valence-corrected chi connectivity index (χ4v) is 2.15. The van der Waals surface area contributed by atoms with Crippen LogP contribution < -0.4 is 5.32 Å². The van der Waals surface area contributed by atoms with Crippen LogP contribution in [0, 0.1) is 11.8 Å². The maximum absolute atomic E-state index is 4.14. The maximum atomic E-state index is 4.14. The molecule has 0 amide bonds. The van der Waals surface area contributed by atoms with Gasteiger partial charge in [-0.05, 0) is 43.4 Å². The van der Waals surface area contributed by atoms with Gasteiger partial charge in [0.2, 0.25) is 0 Å². The van der Waals surface area contributed by atoms with E-state index in [1.165, 1.54) is 12.0 Å². The number of hydrogen-bond donors (Lipinski definition) is 1. The molecule has 0 aromatic carbocycles. The summed E-state index contributed by atoms with van der Waals surface area (Å²) in [6.45, 7) is 2.33. The molecule has 14 heavy (non-hydrogen) atoms. The summed E-state index contributed by atoms with van der Waals surface area (Å²) in [5.41, 5.74) is 1.34. The maximum Gasteiger partial charge on any atom is 0.0300 e. The predicted molar refractivity (Wildman–Crippen MR) is 58.1 cm³/mol. The summed E-state index contributed by atoms with van der Waals surface area (Å²) in [5.74, 6) is 1.78. The molecule has 1 saturated carbocycles. The molecule has 1 aliphatic rings. The highest BCUT2D eigenvalue weighted by atomic mass is 14.9. The fraction of sp³-hybridized carbons (Fsp3) is 0.583. The van der Waals surface area contributed by atoms with Crippen molar-refractivity contribution in [2.45, 2.75) is 25.8 Å². The third kappa shape index (κ3) is 2.13. The molecule has 1 aromatic rings. The zero-order valence-electron chi connectivity index (χ0n) is 8.90. The molecule has 0 radical (unpaired) electrons. The molecule has 1 fully saturated rings. The first-order valence-electron chi connectivity index (χ1n) is 5.37. The van der Waals surface area contributed by atoms with Crippen LogP contribution in [0.1, 0.15) is 18.9 Å². The van der Waals surface area contributed by atoms with Crippen LogP contribution in [0.3, 0.4) is 0 Å². The van der Waals surface area contributed by atoms with Crippen molar-refractivity contribution in [2.24, 2.45) is 11.8 Å². The summed E-state index contributed by atoms with van der Waals surface area (Å²) in [5, 5.41) is 3.42. The van der Waals surface area contributed by atoms with Crippen molar-refractivity contribution >= 4 is 0 Å². The van der Waals surface area contributed by atoms with Gasteiger partial charge in [0, 0.05) is 18.4 Å². The molecule has 0 aliphatic heterocycles. The molecule has 3 atom stereocenters. The molecule has 1 heterocycles. The quantitative estimate of drug-likeness (QED) is 0.784. The number of likely N-dealkylation sites (N-methyl/N-ethyl adjacent to an activating group) is 1. The SMILES string of the molecule is CNC(Cc1cccnc1)C1CC1C. The Morgan fingerprint density at radius 2 is 2.43 bits per heavy atom. The van der Waals surface area contributed by atoms with Crippen LogP contribution in [0.25, 0.3) is 0 Å². The minimum absolute atomic E-state index is 0.634. The smallest absolute Gasteiger partial charge is 0.0300 e. The Bertz CT molecular complexity index is 284. The Hall–Kier alpha value is -0.890. The highest BCUT2D eigenvalue weighted by Crippen LogP contribution is 2.41. The van der Waals surface area contributed by atoms with Gasteiger partial charge in [-0.15, -0.1) is 0 Å². The Labute approximate surface area is 85.7 Å². The molecule has 1 aliphatic carbocycles. The van der Waals surface area contributed by atoms with Gasteiger partial charge < -0.3 is 5.32 Å². The second kappa shape index (κ2) is 4.09. The standard InChI is InChI=1S/C12H18N2/c1-9-6-11(9)12(13-2)7-10-4-3-5-14-8-10/h3-5,8-9,11-13H,6-7H2,1-2H3. The van der Waals surface area contributed by atoms with E-state index in [1.54, 1.807) is 0 Å². The molecule has 0 spiro atoms. The van der Waals surface area contributed by atoms with Crippen LogP contribution in [-0.2, 0) is 6.42 Å². The number of hydrogen-bond acceptors (Lipinski definition) is 2. The molecule has 0 bridgehead atoms. The van der Waals surface area contributed by atoms with Crippen LogP contribution in [0.4, 0.5) is 0 Å². The normalized spacial score (nSPS) is 27.3. The van der Waals surface area contributed by atoms with Crippen molar-refractivity contribution in [1.82, 2.24) is 10.3 Å². The Morgan fingerprint density at radius 3 is 2.93 bits per heavy atom.